The minimum atomic E-state index is -0.560. The third-order valence-corrected chi connectivity index (χ3v) is 2.94. The van der Waals surface area contributed by atoms with Crippen molar-refractivity contribution in [2.24, 2.45) is 0 Å². The van der Waals surface area contributed by atoms with Gasteiger partial charge in [-0.2, -0.15) is 0 Å². The number of ether oxygens (including phenoxy) is 1. The zero-order valence-electron chi connectivity index (χ0n) is 13.9. The minimum absolute atomic E-state index is 0.291. The predicted octanol–water partition coefficient (Wildman–Crippen LogP) is 2.38. The highest BCUT2D eigenvalue weighted by Crippen LogP contribution is 2.10. The molecule has 0 saturated heterocycles. The molecule has 0 saturated carbocycles. The molecule has 0 aliphatic carbocycles. The van der Waals surface area contributed by atoms with Crippen molar-refractivity contribution in [1.82, 2.24) is 10.2 Å². The lowest BCUT2D eigenvalue weighted by Crippen LogP contribution is -2.44. The second-order valence-corrected chi connectivity index (χ2v) is 6.24. The SMILES string of the molecule is CCC(CC)NCCN(CC(C)O)C(=O)OC(C)(C)C. The molecule has 0 aromatic carbocycles. The molecule has 5 nitrogen and oxygen atoms in total. The maximum Gasteiger partial charge on any atom is 0.410 e. The van der Waals surface area contributed by atoms with E-state index in [1.54, 1.807) is 11.8 Å². The van der Waals surface area contributed by atoms with Gasteiger partial charge in [-0.05, 0) is 40.5 Å². The molecule has 0 bridgehead atoms. The van der Waals surface area contributed by atoms with E-state index in [4.69, 9.17) is 4.74 Å². The number of amides is 1. The molecular formula is C15H32N2O3. The van der Waals surface area contributed by atoms with Gasteiger partial charge in [0, 0.05) is 25.7 Å². The average molecular weight is 288 g/mol. The van der Waals surface area contributed by atoms with E-state index in [0.717, 1.165) is 12.8 Å². The summed E-state index contributed by atoms with van der Waals surface area (Å²) in [5.74, 6) is 0. The maximum absolute atomic E-state index is 12.1. The van der Waals surface area contributed by atoms with Crippen molar-refractivity contribution < 1.29 is 14.6 Å². The number of nitrogens with zero attached hydrogens (tertiary/aromatic N) is 1. The molecule has 0 rings (SSSR count). The maximum atomic E-state index is 12.1. The Bertz CT molecular complexity index is 271. The van der Waals surface area contributed by atoms with Crippen LogP contribution in [0.5, 0.6) is 0 Å². The standard InChI is InChI=1S/C15H32N2O3/c1-7-13(8-2)16-9-10-17(11-12(3)18)14(19)20-15(4,5)6/h12-13,16,18H,7-11H2,1-6H3. The number of hydrogen-bond donors (Lipinski definition) is 2. The van der Waals surface area contributed by atoms with E-state index in [0.29, 0.717) is 25.7 Å². The molecule has 0 aromatic rings. The number of aliphatic hydroxyl groups excluding tert-OH is 1. The van der Waals surface area contributed by atoms with Gasteiger partial charge in [0.05, 0.1) is 6.10 Å². The number of carbonyl (C=O) groups excluding carboxylic acids is 1. The van der Waals surface area contributed by atoms with Crippen LogP contribution in [-0.4, -0.2) is 53.5 Å². The van der Waals surface area contributed by atoms with Gasteiger partial charge in [-0.25, -0.2) is 4.79 Å². The van der Waals surface area contributed by atoms with Crippen molar-refractivity contribution in [2.45, 2.75) is 72.1 Å². The highest BCUT2D eigenvalue weighted by molar-refractivity contribution is 5.68. The molecule has 0 aliphatic rings. The summed E-state index contributed by atoms with van der Waals surface area (Å²) in [4.78, 5) is 13.6. The Balaban J connectivity index is 4.38. The van der Waals surface area contributed by atoms with Gasteiger partial charge in [-0.3, -0.25) is 0 Å². The molecule has 0 aliphatic heterocycles. The van der Waals surface area contributed by atoms with Crippen molar-refractivity contribution in [2.75, 3.05) is 19.6 Å². The molecule has 20 heavy (non-hydrogen) atoms. The first-order valence-corrected chi connectivity index (χ1v) is 7.59. The molecule has 0 heterocycles. The van der Waals surface area contributed by atoms with Gasteiger partial charge < -0.3 is 20.1 Å². The van der Waals surface area contributed by atoms with Crippen LogP contribution in [-0.2, 0) is 4.74 Å². The Kier molecular flexibility index (Phi) is 8.81. The normalized spacial score (nSPS) is 13.4. The van der Waals surface area contributed by atoms with Crippen LogP contribution in [0.3, 0.4) is 0 Å². The Morgan fingerprint density at radius 2 is 1.85 bits per heavy atom. The number of rotatable bonds is 8. The zero-order valence-corrected chi connectivity index (χ0v) is 13.9. The van der Waals surface area contributed by atoms with Crippen molar-refractivity contribution in [3.63, 3.8) is 0 Å². The fourth-order valence-electron chi connectivity index (χ4n) is 1.88. The number of nitrogens with one attached hydrogen (secondary N) is 1. The molecule has 5 heteroatoms. The Morgan fingerprint density at radius 3 is 2.25 bits per heavy atom. The summed E-state index contributed by atoms with van der Waals surface area (Å²) in [7, 11) is 0. The lowest BCUT2D eigenvalue weighted by molar-refractivity contribution is 0.0163. The molecule has 1 atom stereocenters. The summed E-state index contributed by atoms with van der Waals surface area (Å²) < 4.78 is 5.36. The molecule has 0 radical (unpaired) electrons. The molecule has 1 amide bonds. The molecule has 0 fully saturated rings. The van der Waals surface area contributed by atoms with Crippen LogP contribution in [0.25, 0.3) is 0 Å². The van der Waals surface area contributed by atoms with Crippen LogP contribution in [0.1, 0.15) is 54.4 Å². The van der Waals surface area contributed by atoms with Gasteiger partial charge in [0.25, 0.3) is 0 Å². The van der Waals surface area contributed by atoms with Crippen molar-refractivity contribution >= 4 is 6.09 Å². The van der Waals surface area contributed by atoms with Gasteiger partial charge in [0.2, 0.25) is 0 Å². The van der Waals surface area contributed by atoms with Crippen molar-refractivity contribution in [1.29, 1.82) is 0 Å². The fourth-order valence-corrected chi connectivity index (χ4v) is 1.88. The van der Waals surface area contributed by atoms with Crippen molar-refractivity contribution in [3.05, 3.63) is 0 Å². The van der Waals surface area contributed by atoms with Gasteiger partial charge in [-0.1, -0.05) is 13.8 Å². The summed E-state index contributed by atoms with van der Waals surface area (Å²) in [6.07, 6.45) is 1.21. The summed E-state index contributed by atoms with van der Waals surface area (Å²) in [6.45, 7) is 13.0. The van der Waals surface area contributed by atoms with E-state index < -0.39 is 11.7 Å². The molecule has 0 aromatic heterocycles. The predicted molar refractivity (Wildman–Crippen MR) is 81.9 cm³/mol. The second-order valence-electron chi connectivity index (χ2n) is 6.24. The smallest absolute Gasteiger partial charge is 0.410 e. The van der Waals surface area contributed by atoms with Crippen LogP contribution in [0.4, 0.5) is 4.79 Å². The molecule has 120 valence electrons. The average Bonchev–Trinajstić information content (AvgIpc) is 2.30. The summed E-state index contributed by atoms with van der Waals surface area (Å²) >= 11 is 0. The van der Waals surface area contributed by atoms with Crippen molar-refractivity contribution in [3.8, 4) is 0 Å². The van der Waals surface area contributed by atoms with E-state index >= 15 is 0 Å². The van der Waals surface area contributed by atoms with Crippen LogP contribution in [0.15, 0.2) is 0 Å². The zero-order chi connectivity index (χ0) is 15.8. The van der Waals surface area contributed by atoms with E-state index in [2.05, 4.69) is 19.2 Å². The first-order valence-electron chi connectivity index (χ1n) is 7.59. The van der Waals surface area contributed by atoms with E-state index in [9.17, 15) is 9.90 Å². The quantitative estimate of drug-likeness (QED) is 0.720. The third-order valence-electron chi connectivity index (χ3n) is 2.94. The van der Waals surface area contributed by atoms with Gasteiger partial charge in [0.15, 0.2) is 0 Å². The lowest BCUT2D eigenvalue weighted by atomic mass is 10.2. The van der Waals surface area contributed by atoms with Crippen LogP contribution >= 0.6 is 0 Å². The first-order chi connectivity index (χ1) is 9.19. The summed E-state index contributed by atoms with van der Waals surface area (Å²) in [5, 5.41) is 12.9. The largest absolute Gasteiger partial charge is 0.444 e. The highest BCUT2D eigenvalue weighted by atomic mass is 16.6. The summed E-state index contributed by atoms with van der Waals surface area (Å²) in [5.41, 5.74) is -0.517. The summed E-state index contributed by atoms with van der Waals surface area (Å²) in [6, 6.07) is 0.474. The molecule has 2 N–H and O–H groups in total. The minimum Gasteiger partial charge on any atom is -0.444 e. The molecular weight excluding hydrogens is 256 g/mol. The van der Waals surface area contributed by atoms with E-state index in [1.807, 2.05) is 20.8 Å². The van der Waals surface area contributed by atoms with Crippen LogP contribution in [0, 0.1) is 0 Å². The van der Waals surface area contributed by atoms with Gasteiger partial charge >= 0.3 is 6.09 Å². The van der Waals surface area contributed by atoms with E-state index in [-0.39, 0.29) is 6.09 Å². The van der Waals surface area contributed by atoms with E-state index in [1.165, 1.54) is 0 Å². The fraction of sp³-hybridized carbons (Fsp3) is 0.933. The highest BCUT2D eigenvalue weighted by Gasteiger charge is 2.22. The molecule has 0 spiro atoms. The monoisotopic (exact) mass is 288 g/mol. The Hall–Kier alpha value is -0.810. The van der Waals surface area contributed by atoms with Gasteiger partial charge in [-0.15, -0.1) is 0 Å². The Morgan fingerprint density at radius 1 is 1.30 bits per heavy atom. The number of hydrogen-bond acceptors (Lipinski definition) is 4. The van der Waals surface area contributed by atoms with Crippen LogP contribution < -0.4 is 5.32 Å². The number of carbonyl (C=O) groups is 1. The topological polar surface area (TPSA) is 61.8 Å². The lowest BCUT2D eigenvalue weighted by Gasteiger charge is -2.28. The molecule has 1 unspecified atom stereocenters. The number of aliphatic hydroxyl groups is 1. The second kappa shape index (κ2) is 9.19. The van der Waals surface area contributed by atoms with Crippen LogP contribution in [0.2, 0.25) is 0 Å². The first kappa shape index (κ1) is 19.2. The third kappa shape index (κ3) is 9.15. The van der Waals surface area contributed by atoms with Gasteiger partial charge in [0.1, 0.15) is 5.60 Å². The Labute approximate surface area is 123 Å².